The molecular formula is C12H16FNOS. The van der Waals surface area contributed by atoms with Gasteiger partial charge in [0.25, 0.3) is 0 Å². The van der Waals surface area contributed by atoms with Crippen LogP contribution in [0.3, 0.4) is 0 Å². The van der Waals surface area contributed by atoms with Gasteiger partial charge in [-0.15, -0.1) is 0 Å². The minimum Gasteiger partial charge on any atom is -0.389 e. The van der Waals surface area contributed by atoms with Crippen molar-refractivity contribution in [1.82, 2.24) is 0 Å². The lowest BCUT2D eigenvalue weighted by Gasteiger charge is -2.19. The molecule has 0 radical (unpaired) electrons. The molecule has 0 aromatic heterocycles. The number of ether oxygens (including phenoxy) is 1. The summed E-state index contributed by atoms with van der Waals surface area (Å²) in [6.07, 6.45) is 0. The van der Waals surface area contributed by atoms with Gasteiger partial charge >= 0.3 is 0 Å². The molecule has 0 saturated heterocycles. The summed E-state index contributed by atoms with van der Waals surface area (Å²) in [4.78, 5) is 0.261. The van der Waals surface area contributed by atoms with E-state index in [1.54, 1.807) is 12.1 Å². The molecule has 0 aliphatic heterocycles. The highest BCUT2D eigenvalue weighted by Crippen LogP contribution is 2.16. The minimum atomic E-state index is -0.302. The average molecular weight is 241 g/mol. The first-order valence-corrected chi connectivity index (χ1v) is 5.42. The Morgan fingerprint density at radius 3 is 2.56 bits per heavy atom. The zero-order valence-electron chi connectivity index (χ0n) is 9.71. The van der Waals surface area contributed by atoms with Crippen LogP contribution in [0.4, 0.5) is 4.39 Å². The van der Waals surface area contributed by atoms with Crippen molar-refractivity contribution in [3.8, 4) is 0 Å². The first-order chi connectivity index (χ1) is 7.29. The molecule has 0 heterocycles. The van der Waals surface area contributed by atoms with E-state index in [4.69, 9.17) is 22.7 Å². The number of hydrogen-bond acceptors (Lipinski definition) is 2. The second-order valence-corrected chi connectivity index (χ2v) is 5.01. The Labute approximate surface area is 101 Å². The van der Waals surface area contributed by atoms with E-state index >= 15 is 0 Å². The molecule has 2 nitrogen and oxygen atoms in total. The van der Waals surface area contributed by atoms with Crippen LogP contribution in [0.2, 0.25) is 0 Å². The SMILES string of the molecule is CC(C)(C)OCc1cc(C(N)=S)ccc1F. The quantitative estimate of drug-likeness (QED) is 0.826. The Hall–Kier alpha value is -1.00. The lowest BCUT2D eigenvalue weighted by Crippen LogP contribution is -2.19. The summed E-state index contributed by atoms with van der Waals surface area (Å²) < 4.78 is 19.0. The largest absolute Gasteiger partial charge is 0.389 e. The summed E-state index contributed by atoms with van der Waals surface area (Å²) in [5.41, 5.74) is 6.31. The van der Waals surface area contributed by atoms with Crippen molar-refractivity contribution in [3.05, 3.63) is 35.1 Å². The molecule has 0 aliphatic carbocycles. The normalized spacial score (nSPS) is 11.5. The van der Waals surface area contributed by atoms with E-state index in [9.17, 15) is 4.39 Å². The van der Waals surface area contributed by atoms with Gasteiger partial charge in [-0.05, 0) is 39.0 Å². The lowest BCUT2D eigenvalue weighted by atomic mass is 10.1. The highest BCUT2D eigenvalue weighted by Gasteiger charge is 2.12. The zero-order chi connectivity index (χ0) is 12.3. The molecule has 1 rings (SSSR count). The van der Waals surface area contributed by atoms with Gasteiger partial charge < -0.3 is 10.5 Å². The third-order valence-electron chi connectivity index (χ3n) is 1.99. The monoisotopic (exact) mass is 241 g/mol. The molecule has 1 aromatic carbocycles. The Bertz CT molecular complexity index is 398. The van der Waals surface area contributed by atoms with Crippen LogP contribution < -0.4 is 5.73 Å². The lowest BCUT2D eigenvalue weighted by molar-refractivity contribution is -0.0161. The molecule has 0 bridgehead atoms. The van der Waals surface area contributed by atoms with Crippen molar-refractivity contribution < 1.29 is 9.13 Å². The van der Waals surface area contributed by atoms with Crippen LogP contribution in [0, 0.1) is 5.82 Å². The highest BCUT2D eigenvalue weighted by molar-refractivity contribution is 7.80. The van der Waals surface area contributed by atoms with Gasteiger partial charge in [0, 0.05) is 11.1 Å². The van der Waals surface area contributed by atoms with Gasteiger partial charge in [-0.2, -0.15) is 0 Å². The standard InChI is InChI=1S/C12H16FNOS/c1-12(2,3)15-7-9-6-8(11(14)16)4-5-10(9)13/h4-6H,7H2,1-3H3,(H2,14,16). The van der Waals surface area contributed by atoms with Gasteiger partial charge in [0.2, 0.25) is 0 Å². The molecule has 4 heteroatoms. The topological polar surface area (TPSA) is 35.2 Å². The van der Waals surface area contributed by atoms with Gasteiger partial charge in [-0.3, -0.25) is 0 Å². The molecule has 0 fully saturated rings. The first-order valence-electron chi connectivity index (χ1n) is 5.02. The Kier molecular flexibility index (Phi) is 3.99. The van der Waals surface area contributed by atoms with Crippen LogP contribution in [-0.4, -0.2) is 10.6 Å². The molecule has 16 heavy (non-hydrogen) atoms. The Morgan fingerprint density at radius 1 is 1.44 bits per heavy atom. The van der Waals surface area contributed by atoms with Gasteiger partial charge in [-0.25, -0.2) is 4.39 Å². The predicted molar refractivity (Wildman–Crippen MR) is 66.8 cm³/mol. The van der Waals surface area contributed by atoms with E-state index in [0.717, 1.165) is 0 Å². The summed E-state index contributed by atoms with van der Waals surface area (Å²) in [7, 11) is 0. The number of halogens is 1. The van der Waals surface area contributed by atoms with Crippen molar-refractivity contribution in [2.24, 2.45) is 5.73 Å². The van der Waals surface area contributed by atoms with E-state index in [1.165, 1.54) is 6.07 Å². The number of rotatable bonds is 3. The van der Waals surface area contributed by atoms with E-state index in [1.807, 2.05) is 20.8 Å². The van der Waals surface area contributed by atoms with Gasteiger partial charge in [0.05, 0.1) is 12.2 Å². The van der Waals surface area contributed by atoms with Crippen LogP contribution in [0.1, 0.15) is 31.9 Å². The van der Waals surface area contributed by atoms with Gasteiger partial charge in [0.15, 0.2) is 0 Å². The molecule has 2 N–H and O–H groups in total. The second kappa shape index (κ2) is 4.89. The van der Waals surface area contributed by atoms with Crippen molar-refractivity contribution in [2.45, 2.75) is 33.0 Å². The van der Waals surface area contributed by atoms with Crippen molar-refractivity contribution >= 4 is 17.2 Å². The minimum absolute atomic E-state index is 0.214. The molecule has 0 unspecified atom stereocenters. The van der Waals surface area contributed by atoms with E-state index in [0.29, 0.717) is 11.1 Å². The number of benzene rings is 1. The summed E-state index contributed by atoms with van der Waals surface area (Å²) >= 11 is 4.84. The van der Waals surface area contributed by atoms with E-state index in [-0.39, 0.29) is 23.0 Å². The van der Waals surface area contributed by atoms with Crippen molar-refractivity contribution in [2.75, 3.05) is 0 Å². The van der Waals surface area contributed by atoms with E-state index in [2.05, 4.69) is 0 Å². The fraction of sp³-hybridized carbons (Fsp3) is 0.417. The summed E-state index contributed by atoms with van der Waals surface area (Å²) in [5, 5.41) is 0. The fourth-order valence-electron chi connectivity index (χ4n) is 1.13. The fourth-order valence-corrected chi connectivity index (χ4v) is 1.26. The maximum absolute atomic E-state index is 13.4. The summed E-state index contributed by atoms with van der Waals surface area (Å²) in [6.45, 7) is 5.97. The maximum atomic E-state index is 13.4. The Morgan fingerprint density at radius 2 is 2.06 bits per heavy atom. The number of nitrogens with two attached hydrogens (primary N) is 1. The second-order valence-electron chi connectivity index (χ2n) is 4.57. The zero-order valence-corrected chi connectivity index (χ0v) is 10.5. The molecule has 0 spiro atoms. The summed E-state index contributed by atoms with van der Waals surface area (Å²) in [5.74, 6) is -0.302. The highest BCUT2D eigenvalue weighted by atomic mass is 32.1. The molecule has 88 valence electrons. The number of hydrogen-bond donors (Lipinski definition) is 1. The third-order valence-corrected chi connectivity index (χ3v) is 2.23. The molecule has 0 amide bonds. The molecule has 1 aromatic rings. The van der Waals surface area contributed by atoms with Crippen LogP contribution in [0.5, 0.6) is 0 Å². The van der Waals surface area contributed by atoms with Gasteiger partial charge in [0.1, 0.15) is 10.8 Å². The third kappa shape index (κ3) is 3.87. The van der Waals surface area contributed by atoms with Crippen molar-refractivity contribution in [1.29, 1.82) is 0 Å². The molecule has 0 aliphatic rings. The first kappa shape index (κ1) is 13.1. The number of thiocarbonyl (C=S) groups is 1. The van der Waals surface area contributed by atoms with E-state index < -0.39 is 0 Å². The van der Waals surface area contributed by atoms with Gasteiger partial charge in [-0.1, -0.05) is 12.2 Å². The van der Waals surface area contributed by atoms with Crippen molar-refractivity contribution in [3.63, 3.8) is 0 Å². The van der Waals surface area contributed by atoms with Crippen LogP contribution in [-0.2, 0) is 11.3 Å². The smallest absolute Gasteiger partial charge is 0.128 e. The summed E-state index contributed by atoms with van der Waals surface area (Å²) in [6, 6.07) is 4.55. The van der Waals surface area contributed by atoms with Crippen LogP contribution in [0.25, 0.3) is 0 Å². The molecule has 0 saturated carbocycles. The predicted octanol–water partition coefficient (Wildman–Crippen LogP) is 2.78. The van der Waals surface area contributed by atoms with Crippen LogP contribution in [0.15, 0.2) is 18.2 Å². The Balaban J connectivity index is 2.86. The molecular weight excluding hydrogens is 225 g/mol. The average Bonchev–Trinajstić information content (AvgIpc) is 2.14. The molecule has 0 atom stereocenters. The maximum Gasteiger partial charge on any atom is 0.128 e. The van der Waals surface area contributed by atoms with Crippen LogP contribution >= 0.6 is 12.2 Å².